The first-order chi connectivity index (χ1) is 23.7. The first kappa shape index (κ1) is 27.1. The molecule has 5 heteroatoms. The van der Waals surface area contributed by atoms with E-state index in [1.807, 2.05) is 30.3 Å². The molecule has 5 aromatic carbocycles. The minimum Gasteiger partial charge on any atom is -0.460 e. The highest BCUT2D eigenvalue weighted by Crippen LogP contribution is 2.41. The summed E-state index contributed by atoms with van der Waals surface area (Å²) in [5.74, 6) is 3.07. The van der Waals surface area contributed by atoms with Crippen molar-refractivity contribution in [2.45, 2.75) is 25.7 Å². The van der Waals surface area contributed by atoms with Gasteiger partial charge in [-0.05, 0) is 83.5 Å². The molecule has 0 amide bonds. The lowest BCUT2D eigenvalue weighted by Crippen LogP contribution is -2.09. The van der Waals surface area contributed by atoms with E-state index in [0.717, 1.165) is 104 Å². The number of allylic oxidation sites excluding steroid dienone is 2. The van der Waals surface area contributed by atoms with Gasteiger partial charge < -0.3 is 8.83 Å². The number of aromatic nitrogens is 3. The lowest BCUT2D eigenvalue weighted by Gasteiger charge is -2.18. The summed E-state index contributed by atoms with van der Waals surface area (Å²) in [5, 5.41) is 3.31. The second kappa shape index (κ2) is 10.7. The van der Waals surface area contributed by atoms with Crippen LogP contribution in [-0.2, 0) is 12.8 Å². The van der Waals surface area contributed by atoms with Crippen LogP contribution >= 0.6 is 0 Å². The van der Waals surface area contributed by atoms with Crippen LogP contribution in [0, 0.1) is 0 Å². The maximum atomic E-state index is 6.51. The number of aryl methyl sites for hydroxylation is 2. The van der Waals surface area contributed by atoms with Gasteiger partial charge in [-0.1, -0.05) is 91.0 Å². The smallest absolute Gasteiger partial charge is 0.164 e. The molecule has 2 aliphatic rings. The molecule has 3 aromatic heterocycles. The normalized spacial score (nSPS) is 14.2. The van der Waals surface area contributed by atoms with Crippen molar-refractivity contribution in [1.82, 2.24) is 15.0 Å². The highest BCUT2D eigenvalue weighted by Gasteiger charge is 2.26. The topological polar surface area (TPSA) is 65.0 Å². The molecule has 228 valence electrons. The fourth-order valence-corrected chi connectivity index (χ4v) is 7.32. The Morgan fingerprint density at radius 2 is 1.21 bits per heavy atom. The van der Waals surface area contributed by atoms with Crippen molar-refractivity contribution in [1.29, 1.82) is 0 Å². The van der Waals surface area contributed by atoms with Gasteiger partial charge in [-0.15, -0.1) is 0 Å². The number of hydrogen-bond acceptors (Lipinski definition) is 5. The van der Waals surface area contributed by atoms with E-state index in [-0.39, 0.29) is 0 Å². The Hall–Kier alpha value is -6.07. The minimum absolute atomic E-state index is 0.678. The summed E-state index contributed by atoms with van der Waals surface area (Å²) in [7, 11) is 0. The van der Waals surface area contributed by atoms with Gasteiger partial charge in [-0.3, -0.25) is 0 Å². The molecule has 0 bridgehead atoms. The maximum Gasteiger partial charge on any atom is 0.164 e. The second-order valence-electron chi connectivity index (χ2n) is 12.6. The van der Waals surface area contributed by atoms with Crippen molar-refractivity contribution in [2.75, 3.05) is 0 Å². The van der Waals surface area contributed by atoms with Crippen LogP contribution in [0.25, 0.3) is 72.6 Å². The van der Waals surface area contributed by atoms with E-state index in [1.54, 1.807) is 0 Å². The zero-order valence-corrected chi connectivity index (χ0v) is 26.1. The van der Waals surface area contributed by atoms with Crippen LogP contribution in [-0.4, -0.2) is 15.0 Å². The summed E-state index contributed by atoms with van der Waals surface area (Å²) >= 11 is 0. The van der Waals surface area contributed by atoms with Gasteiger partial charge in [0.05, 0.1) is 0 Å². The lowest BCUT2D eigenvalue weighted by atomic mass is 9.91. The number of rotatable bonds is 4. The molecule has 0 N–H and O–H groups in total. The monoisotopic (exact) mass is 619 g/mol. The van der Waals surface area contributed by atoms with E-state index in [2.05, 4.69) is 97.1 Å². The summed E-state index contributed by atoms with van der Waals surface area (Å²) in [5.41, 5.74) is 11.7. The molecule has 10 rings (SSSR count). The van der Waals surface area contributed by atoms with E-state index in [9.17, 15) is 0 Å². The molecule has 0 saturated heterocycles. The van der Waals surface area contributed by atoms with E-state index in [4.69, 9.17) is 23.8 Å². The molecular formula is C43H29N3O2. The number of benzene rings is 5. The predicted molar refractivity (Wildman–Crippen MR) is 192 cm³/mol. The first-order valence-corrected chi connectivity index (χ1v) is 16.5. The maximum absolute atomic E-state index is 6.51. The van der Waals surface area contributed by atoms with Crippen LogP contribution in [0.5, 0.6) is 0 Å². The fourth-order valence-electron chi connectivity index (χ4n) is 7.32. The number of para-hydroxylation sites is 1. The van der Waals surface area contributed by atoms with Crippen LogP contribution in [0.15, 0.2) is 130 Å². The van der Waals surface area contributed by atoms with Gasteiger partial charge in [0.2, 0.25) is 0 Å². The van der Waals surface area contributed by atoms with Crippen molar-refractivity contribution in [3.05, 3.63) is 155 Å². The Balaban J connectivity index is 1.12. The molecule has 0 fully saturated rings. The number of fused-ring (bicyclic) bond motifs is 7. The van der Waals surface area contributed by atoms with Crippen LogP contribution < -0.4 is 0 Å². The zero-order valence-electron chi connectivity index (χ0n) is 26.1. The summed E-state index contributed by atoms with van der Waals surface area (Å²) in [6.07, 6.45) is 8.05. The molecular weight excluding hydrogens is 590 g/mol. The Morgan fingerprint density at radius 3 is 2.10 bits per heavy atom. The van der Waals surface area contributed by atoms with Gasteiger partial charge in [0.15, 0.2) is 17.5 Å². The van der Waals surface area contributed by atoms with Crippen molar-refractivity contribution in [3.63, 3.8) is 0 Å². The van der Waals surface area contributed by atoms with Crippen molar-refractivity contribution < 1.29 is 8.83 Å². The van der Waals surface area contributed by atoms with Crippen LogP contribution in [0.3, 0.4) is 0 Å². The molecule has 0 unspecified atom stereocenters. The molecule has 0 radical (unpaired) electrons. The van der Waals surface area contributed by atoms with E-state index in [1.165, 1.54) is 11.1 Å². The number of hydrogen-bond donors (Lipinski definition) is 0. The van der Waals surface area contributed by atoms with Gasteiger partial charge in [-0.2, -0.15) is 0 Å². The van der Waals surface area contributed by atoms with E-state index >= 15 is 0 Å². The van der Waals surface area contributed by atoms with Crippen LogP contribution in [0.4, 0.5) is 0 Å². The van der Waals surface area contributed by atoms with E-state index in [0.29, 0.717) is 11.6 Å². The molecule has 8 aromatic rings. The molecule has 0 atom stereocenters. The fraction of sp³-hybridized carbons (Fsp3) is 0.0930. The SMILES string of the molecule is C1=C(c2nc(C3=CCCc4oc5ccc(-c6ccc7oc8ccccc8c7c6)cc5c43)nc(-c3ccccc3)n2)CCc2ccccc21. The van der Waals surface area contributed by atoms with Gasteiger partial charge in [0, 0.05) is 39.3 Å². The summed E-state index contributed by atoms with van der Waals surface area (Å²) in [6.45, 7) is 0. The minimum atomic E-state index is 0.678. The second-order valence-corrected chi connectivity index (χ2v) is 12.6. The van der Waals surface area contributed by atoms with Gasteiger partial charge in [0.1, 0.15) is 22.5 Å². The third kappa shape index (κ3) is 4.43. The highest BCUT2D eigenvalue weighted by molar-refractivity contribution is 6.07. The van der Waals surface area contributed by atoms with Crippen molar-refractivity contribution in [3.8, 4) is 22.5 Å². The summed E-state index contributed by atoms with van der Waals surface area (Å²) < 4.78 is 12.6. The third-order valence-corrected chi connectivity index (χ3v) is 9.70. The van der Waals surface area contributed by atoms with Crippen LogP contribution in [0.1, 0.15) is 46.9 Å². The molecule has 0 spiro atoms. The molecule has 5 nitrogen and oxygen atoms in total. The third-order valence-electron chi connectivity index (χ3n) is 9.70. The average Bonchev–Trinajstić information content (AvgIpc) is 3.72. The molecule has 3 heterocycles. The Morgan fingerprint density at radius 1 is 0.500 bits per heavy atom. The molecule has 0 aliphatic heterocycles. The standard InChI is InChI=1S/C43H29N3O2/c1-2-10-27(11-3-1)41-44-42(31-18-17-26-9-4-5-12-28(26)23-31)46-43(45-41)33-14-8-16-39-40(33)35-25-30(20-22-38(35)48-39)29-19-21-37-34(24-29)32-13-6-7-15-36(32)47-37/h1-7,9-15,19-25H,8,16-18H2. The molecule has 2 aliphatic carbocycles. The Labute approximate surface area is 276 Å². The first-order valence-electron chi connectivity index (χ1n) is 16.5. The van der Waals surface area contributed by atoms with Crippen molar-refractivity contribution in [2.24, 2.45) is 0 Å². The predicted octanol–water partition coefficient (Wildman–Crippen LogP) is 10.7. The molecule has 0 saturated carbocycles. The largest absolute Gasteiger partial charge is 0.460 e. The van der Waals surface area contributed by atoms with Crippen molar-refractivity contribution >= 4 is 50.1 Å². The van der Waals surface area contributed by atoms with Gasteiger partial charge in [-0.25, -0.2) is 15.0 Å². The Bertz CT molecular complexity index is 2620. The van der Waals surface area contributed by atoms with Gasteiger partial charge >= 0.3 is 0 Å². The average molecular weight is 620 g/mol. The van der Waals surface area contributed by atoms with Crippen LogP contribution in [0.2, 0.25) is 0 Å². The van der Waals surface area contributed by atoms with Gasteiger partial charge in [0.25, 0.3) is 0 Å². The number of furan rings is 2. The zero-order chi connectivity index (χ0) is 31.6. The number of nitrogens with zero attached hydrogens (tertiary/aromatic N) is 3. The molecule has 48 heavy (non-hydrogen) atoms. The van der Waals surface area contributed by atoms with E-state index < -0.39 is 0 Å². The highest BCUT2D eigenvalue weighted by atomic mass is 16.3. The summed E-state index contributed by atoms with van der Waals surface area (Å²) in [4.78, 5) is 15.4. The summed E-state index contributed by atoms with van der Waals surface area (Å²) in [6, 6.07) is 39.9. The lowest BCUT2D eigenvalue weighted by molar-refractivity contribution is 0.545. The quantitative estimate of drug-likeness (QED) is 0.196. The Kier molecular flexibility index (Phi) is 6.06.